The van der Waals surface area contributed by atoms with Crippen molar-refractivity contribution in [3.63, 3.8) is 0 Å². The van der Waals surface area contributed by atoms with Gasteiger partial charge in [0.25, 0.3) is 0 Å². The summed E-state index contributed by atoms with van der Waals surface area (Å²) in [5, 5.41) is 6.29. The lowest BCUT2D eigenvalue weighted by Gasteiger charge is -2.23. The van der Waals surface area contributed by atoms with Gasteiger partial charge in [0.05, 0.1) is 36.6 Å². The van der Waals surface area contributed by atoms with Crippen molar-refractivity contribution < 1.29 is 9.47 Å². The van der Waals surface area contributed by atoms with Gasteiger partial charge in [-0.05, 0) is 81.2 Å². The van der Waals surface area contributed by atoms with Crippen LogP contribution in [0.15, 0.2) is 95.7 Å². The van der Waals surface area contributed by atoms with Crippen LogP contribution >= 0.6 is 22.7 Å². The monoisotopic (exact) mass is 668 g/mol. The summed E-state index contributed by atoms with van der Waals surface area (Å²) in [5.41, 5.74) is 9.89. The van der Waals surface area contributed by atoms with E-state index < -0.39 is 0 Å². The first kappa shape index (κ1) is 32.0. The summed E-state index contributed by atoms with van der Waals surface area (Å²) >= 11 is 3.44. The minimum atomic E-state index is -0.0599. The van der Waals surface area contributed by atoms with Gasteiger partial charge >= 0.3 is 0 Å². The van der Waals surface area contributed by atoms with E-state index in [0.29, 0.717) is 0 Å². The summed E-state index contributed by atoms with van der Waals surface area (Å²) in [6, 6.07) is 30.2. The van der Waals surface area contributed by atoms with Gasteiger partial charge in [-0.1, -0.05) is 77.9 Å². The minimum absolute atomic E-state index is 0.0599. The Morgan fingerprint density at radius 3 is 1.21 bits per heavy atom. The zero-order chi connectivity index (χ0) is 33.8. The van der Waals surface area contributed by atoms with Crippen molar-refractivity contribution in [3.05, 3.63) is 107 Å². The number of aromatic nitrogens is 2. The fraction of sp³-hybridized carbons (Fsp3) is 0.238. The average molecular weight is 669 g/mol. The molecule has 0 aliphatic rings. The van der Waals surface area contributed by atoms with E-state index in [2.05, 4.69) is 137 Å². The fourth-order valence-electron chi connectivity index (χ4n) is 6.24. The lowest BCUT2D eigenvalue weighted by atomic mass is 9.84. The van der Waals surface area contributed by atoms with Crippen LogP contribution < -0.4 is 9.47 Å². The van der Waals surface area contributed by atoms with Gasteiger partial charge in [-0.15, -0.1) is 22.7 Å². The van der Waals surface area contributed by atoms with Crippen molar-refractivity contribution in [2.24, 2.45) is 0 Å². The molecule has 0 bridgehead atoms. The first-order valence-corrected chi connectivity index (χ1v) is 18.0. The van der Waals surface area contributed by atoms with Gasteiger partial charge < -0.3 is 9.47 Å². The summed E-state index contributed by atoms with van der Waals surface area (Å²) in [6.07, 6.45) is 0. The second kappa shape index (κ2) is 12.2. The molecule has 0 saturated heterocycles. The molecule has 7 aromatic rings. The maximum atomic E-state index is 6.14. The number of hydrogen-bond acceptors (Lipinski definition) is 6. The SMILES string of the molecule is COc1c(-c2ccc3ccc4ccc(-c5cc(C(C)(C)C)cc(-c6cccs6)c5OC)nc4c3n2)cc(C(C)(C)C)cc1-c1cccs1. The number of pyridine rings is 2. The summed E-state index contributed by atoms with van der Waals surface area (Å²) in [5.74, 6) is 1.66. The van der Waals surface area contributed by atoms with E-state index in [0.717, 1.165) is 66.9 Å². The van der Waals surface area contributed by atoms with E-state index in [9.17, 15) is 0 Å². The second-order valence-corrected chi connectivity index (χ2v) is 16.2. The van der Waals surface area contributed by atoms with Crippen molar-refractivity contribution in [1.82, 2.24) is 9.97 Å². The van der Waals surface area contributed by atoms with Crippen molar-refractivity contribution in [2.75, 3.05) is 14.2 Å². The predicted molar refractivity (Wildman–Crippen MR) is 205 cm³/mol. The van der Waals surface area contributed by atoms with Crippen LogP contribution in [0.25, 0.3) is 65.2 Å². The van der Waals surface area contributed by atoms with Gasteiger partial charge in [-0.2, -0.15) is 0 Å². The molecule has 0 spiro atoms. The number of methoxy groups -OCH3 is 2. The lowest BCUT2D eigenvalue weighted by Crippen LogP contribution is -2.12. The zero-order valence-corrected chi connectivity index (χ0v) is 30.4. The Morgan fingerprint density at radius 1 is 0.500 bits per heavy atom. The van der Waals surface area contributed by atoms with Gasteiger partial charge in [0.1, 0.15) is 11.5 Å². The smallest absolute Gasteiger partial charge is 0.136 e. The zero-order valence-electron chi connectivity index (χ0n) is 28.8. The molecule has 6 heteroatoms. The molecule has 0 N–H and O–H groups in total. The van der Waals surface area contributed by atoms with E-state index in [-0.39, 0.29) is 10.8 Å². The Balaban J connectivity index is 1.47. The molecule has 242 valence electrons. The first-order valence-electron chi connectivity index (χ1n) is 16.2. The quantitative estimate of drug-likeness (QED) is 0.165. The molecule has 0 fully saturated rings. The molecule has 48 heavy (non-hydrogen) atoms. The van der Waals surface area contributed by atoms with Gasteiger partial charge in [-0.25, -0.2) is 9.97 Å². The highest BCUT2D eigenvalue weighted by atomic mass is 32.1. The van der Waals surface area contributed by atoms with Crippen LogP contribution in [0.1, 0.15) is 52.7 Å². The molecule has 0 aliphatic carbocycles. The Hall–Kier alpha value is -4.52. The second-order valence-electron chi connectivity index (χ2n) is 14.3. The van der Waals surface area contributed by atoms with Crippen LogP contribution in [0.3, 0.4) is 0 Å². The topological polar surface area (TPSA) is 44.2 Å². The molecule has 7 rings (SSSR count). The Bertz CT molecular complexity index is 2110. The summed E-state index contributed by atoms with van der Waals surface area (Å²) in [7, 11) is 3.50. The van der Waals surface area contributed by atoms with Gasteiger partial charge in [0.15, 0.2) is 0 Å². The Morgan fingerprint density at radius 2 is 0.875 bits per heavy atom. The van der Waals surface area contributed by atoms with Gasteiger partial charge in [-0.3, -0.25) is 0 Å². The van der Waals surface area contributed by atoms with Crippen LogP contribution in [0.5, 0.6) is 11.5 Å². The standard InChI is InChI=1S/C42H40N2O2S2/c1-41(2,3)27-21-29(39(45-7)31(23-27)35-11-9-19-47-35)33-17-15-25-13-14-26-16-18-34(44-38(26)37(25)43-33)30-22-28(42(4,5)6)24-32(40(30)46-8)36-12-10-20-48-36/h9-24H,1-8H3. The molecular formula is C42H40N2O2S2. The van der Waals surface area contributed by atoms with Crippen LogP contribution in [-0.2, 0) is 10.8 Å². The molecule has 0 saturated carbocycles. The number of fused-ring (bicyclic) bond motifs is 3. The third kappa shape index (κ3) is 5.78. The number of thiophene rings is 2. The molecule has 0 atom stereocenters. The molecule has 0 unspecified atom stereocenters. The molecule has 4 aromatic heterocycles. The maximum Gasteiger partial charge on any atom is 0.136 e. The van der Waals surface area contributed by atoms with Crippen LogP contribution in [0, 0.1) is 0 Å². The maximum absolute atomic E-state index is 6.14. The predicted octanol–water partition coefficient (Wildman–Crippen LogP) is 12.2. The number of ether oxygens (including phenoxy) is 2. The summed E-state index contributed by atoms with van der Waals surface area (Å²) in [6.45, 7) is 13.5. The molecule has 4 heterocycles. The number of hydrogen-bond donors (Lipinski definition) is 0. The molecule has 0 radical (unpaired) electrons. The van der Waals surface area contributed by atoms with Gasteiger partial charge in [0, 0.05) is 42.8 Å². The molecule has 3 aromatic carbocycles. The van der Waals surface area contributed by atoms with E-state index in [1.54, 1.807) is 36.9 Å². The van der Waals surface area contributed by atoms with E-state index in [4.69, 9.17) is 19.4 Å². The number of nitrogens with zero attached hydrogens (tertiary/aromatic N) is 2. The van der Waals surface area contributed by atoms with Crippen molar-refractivity contribution in [1.29, 1.82) is 0 Å². The molecule has 0 amide bonds. The van der Waals surface area contributed by atoms with Crippen molar-refractivity contribution in [2.45, 2.75) is 52.4 Å². The fourth-order valence-corrected chi connectivity index (χ4v) is 7.72. The highest BCUT2D eigenvalue weighted by Crippen LogP contribution is 2.46. The van der Waals surface area contributed by atoms with Gasteiger partial charge in [0.2, 0.25) is 0 Å². The van der Waals surface area contributed by atoms with E-state index in [1.165, 1.54) is 20.9 Å². The highest BCUT2D eigenvalue weighted by molar-refractivity contribution is 7.13. The van der Waals surface area contributed by atoms with E-state index in [1.807, 2.05) is 0 Å². The average Bonchev–Trinajstić information content (AvgIpc) is 3.81. The lowest BCUT2D eigenvalue weighted by molar-refractivity contribution is 0.417. The van der Waals surface area contributed by atoms with Crippen LogP contribution in [0.2, 0.25) is 0 Å². The Labute approximate surface area is 291 Å². The number of benzene rings is 3. The largest absolute Gasteiger partial charge is 0.495 e. The van der Waals surface area contributed by atoms with Crippen molar-refractivity contribution >= 4 is 44.5 Å². The minimum Gasteiger partial charge on any atom is -0.495 e. The molecule has 0 aliphatic heterocycles. The van der Waals surface area contributed by atoms with Crippen LogP contribution in [0.4, 0.5) is 0 Å². The third-order valence-electron chi connectivity index (χ3n) is 8.96. The van der Waals surface area contributed by atoms with Crippen molar-refractivity contribution in [3.8, 4) is 54.9 Å². The van der Waals surface area contributed by atoms with Crippen LogP contribution in [-0.4, -0.2) is 24.2 Å². The Kier molecular flexibility index (Phi) is 8.13. The summed E-state index contributed by atoms with van der Waals surface area (Å²) in [4.78, 5) is 13.0. The third-order valence-corrected chi connectivity index (χ3v) is 10.8. The van der Waals surface area contributed by atoms with E-state index >= 15 is 0 Å². The summed E-state index contributed by atoms with van der Waals surface area (Å²) < 4.78 is 12.3. The molecule has 4 nitrogen and oxygen atoms in total. The molecular weight excluding hydrogens is 629 g/mol. The normalized spacial score (nSPS) is 12.2. The number of rotatable bonds is 6. The highest BCUT2D eigenvalue weighted by Gasteiger charge is 2.24. The first-order chi connectivity index (χ1) is 23.0.